The van der Waals surface area contributed by atoms with Crippen molar-refractivity contribution >= 4 is 10.8 Å². The second kappa shape index (κ2) is 12.4. The molecule has 1 aromatic heterocycles. The Balaban J connectivity index is 1.09. The summed E-state index contributed by atoms with van der Waals surface area (Å²) < 4.78 is 0. The van der Waals surface area contributed by atoms with Crippen molar-refractivity contribution in [1.29, 1.82) is 5.26 Å². The fraction of sp³-hybridized carbons (Fsp3) is 0.208. The molecule has 11 rings (SSSR count). The van der Waals surface area contributed by atoms with Crippen LogP contribution in [0.15, 0.2) is 140 Å². The summed E-state index contributed by atoms with van der Waals surface area (Å²) >= 11 is 0. The lowest BCUT2D eigenvalue weighted by Crippen LogP contribution is -2.48. The van der Waals surface area contributed by atoms with Gasteiger partial charge in [-0.1, -0.05) is 121 Å². The van der Waals surface area contributed by atoms with E-state index in [1.165, 1.54) is 49.7 Å². The maximum atomic E-state index is 9.58. The monoisotopic (exact) mass is 670 g/mol. The largest absolute Gasteiger partial charge is 0.208 e. The molecule has 0 saturated heterocycles. The summed E-state index contributed by atoms with van der Waals surface area (Å²) in [7, 11) is 0. The summed E-state index contributed by atoms with van der Waals surface area (Å²) in [6.07, 6.45) is 8.48. The molecule has 0 N–H and O–H groups in total. The van der Waals surface area contributed by atoms with Crippen LogP contribution in [-0.4, -0.2) is 15.0 Å². The van der Waals surface area contributed by atoms with E-state index in [1.807, 2.05) is 36.4 Å². The third-order valence-electron chi connectivity index (χ3n) is 12.1. The van der Waals surface area contributed by atoms with Crippen LogP contribution in [-0.2, 0) is 5.41 Å². The van der Waals surface area contributed by atoms with Gasteiger partial charge in [-0.3, -0.25) is 0 Å². The molecule has 4 nitrogen and oxygen atoms in total. The number of nitriles is 1. The average Bonchev–Trinajstić information content (AvgIpc) is 3.20. The van der Waals surface area contributed by atoms with Crippen LogP contribution >= 0.6 is 0 Å². The summed E-state index contributed by atoms with van der Waals surface area (Å²) in [5.41, 5.74) is 9.79. The maximum Gasteiger partial charge on any atom is 0.164 e. The number of fused-ring (bicyclic) bond motifs is 1. The van der Waals surface area contributed by atoms with E-state index in [4.69, 9.17) is 15.0 Å². The third kappa shape index (κ3) is 5.31. The minimum absolute atomic E-state index is 0.372. The van der Waals surface area contributed by atoms with Crippen LogP contribution in [0, 0.1) is 29.1 Å². The summed E-state index contributed by atoms with van der Waals surface area (Å²) in [5, 5.41) is 11.7. The van der Waals surface area contributed by atoms with Crippen LogP contribution in [0.2, 0.25) is 0 Å². The molecule has 0 aliphatic heterocycles. The predicted molar refractivity (Wildman–Crippen MR) is 209 cm³/mol. The van der Waals surface area contributed by atoms with E-state index in [9.17, 15) is 5.26 Å². The van der Waals surface area contributed by atoms with Gasteiger partial charge in [0, 0.05) is 16.7 Å². The van der Waals surface area contributed by atoms with Crippen LogP contribution < -0.4 is 0 Å². The van der Waals surface area contributed by atoms with Gasteiger partial charge in [-0.2, -0.15) is 5.26 Å². The molecule has 4 aliphatic rings. The molecule has 4 fully saturated rings. The van der Waals surface area contributed by atoms with E-state index in [2.05, 4.69) is 109 Å². The highest BCUT2D eigenvalue weighted by Gasteiger charge is 2.51. The van der Waals surface area contributed by atoms with Crippen molar-refractivity contribution in [3.8, 4) is 62.5 Å². The van der Waals surface area contributed by atoms with Crippen molar-refractivity contribution in [2.45, 2.75) is 43.9 Å². The fourth-order valence-electron chi connectivity index (χ4n) is 10.2. The van der Waals surface area contributed by atoms with Crippen LogP contribution in [0.5, 0.6) is 0 Å². The summed E-state index contributed by atoms with van der Waals surface area (Å²) in [6, 6.07) is 50.9. The molecule has 4 heteroatoms. The highest BCUT2D eigenvalue weighted by Crippen LogP contribution is 2.60. The Morgan fingerprint density at radius 3 is 1.71 bits per heavy atom. The molecule has 1 heterocycles. The molecular weight excluding hydrogens is 633 g/mol. The van der Waals surface area contributed by atoms with Crippen molar-refractivity contribution in [2.24, 2.45) is 17.8 Å². The number of rotatable bonds is 6. The van der Waals surface area contributed by atoms with Gasteiger partial charge >= 0.3 is 0 Å². The topological polar surface area (TPSA) is 62.5 Å². The maximum absolute atomic E-state index is 9.58. The van der Waals surface area contributed by atoms with E-state index < -0.39 is 0 Å². The number of benzene rings is 6. The standard InChI is InChI=1S/C48H38N4/c49-30-31-9-8-12-37(26-31)40-21-22-44(42-15-6-5-14-41(40)42)47-51-45(36-10-2-1-3-11-36)50-46(52-47)43-16-7-4-13-39(43)35-17-19-38(20-18-35)48-27-32-23-33(28-48)25-34(24-32)29-48/h1-22,26,32-34H,23-25,27-29H2. The molecule has 0 spiro atoms. The first kappa shape index (κ1) is 30.9. The Morgan fingerprint density at radius 1 is 0.462 bits per heavy atom. The predicted octanol–water partition coefficient (Wildman–Crippen LogP) is 11.7. The minimum atomic E-state index is 0.372. The van der Waals surface area contributed by atoms with Gasteiger partial charge in [0.2, 0.25) is 0 Å². The van der Waals surface area contributed by atoms with Gasteiger partial charge in [0.05, 0.1) is 11.6 Å². The number of nitrogens with zero attached hydrogens (tertiary/aromatic N) is 4. The quantitative estimate of drug-likeness (QED) is 0.177. The lowest BCUT2D eigenvalue weighted by molar-refractivity contribution is -0.00518. The molecule has 4 bridgehead atoms. The molecule has 52 heavy (non-hydrogen) atoms. The van der Waals surface area contributed by atoms with E-state index in [0.717, 1.165) is 61.9 Å². The van der Waals surface area contributed by atoms with Crippen LogP contribution in [0.25, 0.3) is 67.2 Å². The van der Waals surface area contributed by atoms with E-state index in [1.54, 1.807) is 0 Å². The SMILES string of the molecule is N#Cc1cccc(-c2ccc(-c3nc(-c4ccccc4)nc(-c4ccccc4-c4ccc(C56CC7CC(CC(C7)C5)C6)cc4)n3)c3ccccc23)c1. The molecule has 4 saturated carbocycles. The second-order valence-electron chi connectivity index (χ2n) is 15.4. The van der Waals surface area contributed by atoms with E-state index in [-0.39, 0.29) is 0 Å². The van der Waals surface area contributed by atoms with Crippen molar-refractivity contribution in [2.75, 3.05) is 0 Å². The molecule has 4 aliphatic carbocycles. The summed E-state index contributed by atoms with van der Waals surface area (Å²) in [4.78, 5) is 15.5. The molecule has 0 radical (unpaired) electrons. The highest BCUT2D eigenvalue weighted by atomic mass is 15.0. The van der Waals surface area contributed by atoms with Crippen LogP contribution in [0.4, 0.5) is 0 Å². The van der Waals surface area contributed by atoms with Gasteiger partial charge in [0.1, 0.15) is 0 Å². The zero-order valence-corrected chi connectivity index (χ0v) is 29.0. The Morgan fingerprint density at radius 2 is 1.02 bits per heavy atom. The number of hydrogen-bond donors (Lipinski definition) is 0. The Hall–Kier alpha value is -5.92. The molecule has 0 amide bonds. The minimum Gasteiger partial charge on any atom is -0.208 e. The van der Waals surface area contributed by atoms with Crippen LogP contribution in [0.3, 0.4) is 0 Å². The molecule has 6 aromatic carbocycles. The van der Waals surface area contributed by atoms with Crippen molar-refractivity contribution in [3.05, 3.63) is 151 Å². The summed E-state index contributed by atoms with van der Waals surface area (Å²) in [5.74, 6) is 4.69. The normalized spacial score (nSPS) is 21.6. The average molecular weight is 671 g/mol. The Labute approximate surface area is 304 Å². The van der Waals surface area contributed by atoms with Crippen molar-refractivity contribution < 1.29 is 0 Å². The van der Waals surface area contributed by atoms with Gasteiger partial charge in [0.25, 0.3) is 0 Å². The smallest absolute Gasteiger partial charge is 0.164 e. The molecular formula is C48H38N4. The van der Waals surface area contributed by atoms with Gasteiger partial charge in [-0.15, -0.1) is 0 Å². The highest BCUT2D eigenvalue weighted by molar-refractivity contribution is 6.04. The molecule has 250 valence electrons. The van der Waals surface area contributed by atoms with Crippen LogP contribution in [0.1, 0.15) is 49.7 Å². The first-order valence-electron chi connectivity index (χ1n) is 18.7. The van der Waals surface area contributed by atoms with Crippen molar-refractivity contribution in [3.63, 3.8) is 0 Å². The lowest BCUT2D eigenvalue weighted by atomic mass is 9.48. The first-order valence-corrected chi connectivity index (χ1v) is 18.7. The van der Waals surface area contributed by atoms with Gasteiger partial charge < -0.3 is 0 Å². The lowest BCUT2D eigenvalue weighted by Gasteiger charge is -2.57. The molecule has 0 unspecified atom stereocenters. The Bertz CT molecular complexity index is 2480. The number of aromatic nitrogens is 3. The third-order valence-corrected chi connectivity index (χ3v) is 12.1. The van der Waals surface area contributed by atoms with Crippen molar-refractivity contribution in [1.82, 2.24) is 15.0 Å². The second-order valence-corrected chi connectivity index (χ2v) is 15.4. The summed E-state index contributed by atoms with van der Waals surface area (Å²) in [6.45, 7) is 0. The Kier molecular flexibility index (Phi) is 7.35. The fourth-order valence-corrected chi connectivity index (χ4v) is 10.2. The molecule has 0 atom stereocenters. The zero-order valence-electron chi connectivity index (χ0n) is 29.0. The van der Waals surface area contributed by atoms with Gasteiger partial charge in [0.15, 0.2) is 17.5 Å². The van der Waals surface area contributed by atoms with E-state index >= 15 is 0 Å². The van der Waals surface area contributed by atoms with Gasteiger partial charge in [-0.25, -0.2) is 15.0 Å². The van der Waals surface area contributed by atoms with Gasteiger partial charge in [-0.05, 0) is 118 Å². The molecule has 7 aromatic rings. The van der Waals surface area contributed by atoms with E-state index in [0.29, 0.717) is 28.5 Å². The number of hydrogen-bond acceptors (Lipinski definition) is 4. The first-order chi connectivity index (χ1) is 25.6. The zero-order chi connectivity index (χ0) is 34.6.